The Labute approximate surface area is 219 Å². The van der Waals surface area contributed by atoms with Gasteiger partial charge in [-0.3, -0.25) is 14.0 Å². The minimum absolute atomic E-state index is 0.0806. The highest BCUT2D eigenvalue weighted by Crippen LogP contribution is 2.25. The molecule has 3 aromatic heterocycles. The van der Waals surface area contributed by atoms with Crippen LogP contribution < -0.4 is 10.9 Å². The Balaban J connectivity index is 1.50. The van der Waals surface area contributed by atoms with E-state index in [1.54, 1.807) is 4.40 Å². The molecule has 1 N–H and O–H groups in total. The SMILES string of the molecule is Cc1cccc(-n2nc(-c3c(C)nc4scc(CC(=O)N[C@H](C)c5ccccc5)n4c3=O)cc2C)c1C. The fourth-order valence-electron chi connectivity index (χ4n) is 4.61. The lowest BCUT2D eigenvalue weighted by atomic mass is 10.1. The predicted octanol–water partition coefficient (Wildman–Crippen LogP) is 5.26. The van der Waals surface area contributed by atoms with Crippen molar-refractivity contribution >= 4 is 22.2 Å². The number of amides is 1. The molecule has 2 aromatic carbocycles. The van der Waals surface area contributed by atoms with Crippen molar-refractivity contribution in [2.75, 3.05) is 0 Å². The second-order valence-corrected chi connectivity index (χ2v) is 10.2. The second kappa shape index (κ2) is 9.78. The van der Waals surface area contributed by atoms with Gasteiger partial charge in [0.15, 0.2) is 4.96 Å². The van der Waals surface area contributed by atoms with Crippen LogP contribution in [0.5, 0.6) is 0 Å². The Morgan fingerprint density at radius 2 is 1.81 bits per heavy atom. The number of hydrogen-bond donors (Lipinski definition) is 1. The minimum atomic E-state index is -0.215. The molecule has 5 aromatic rings. The van der Waals surface area contributed by atoms with Gasteiger partial charge < -0.3 is 5.32 Å². The van der Waals surface area contributed by atoms with Crippen LogP contribution in [0.1, 0.15) is 46.7 Å². The molecule has 0 spiro atoms. The largest absolute Gasteiger partial charge is 0.349 e. The first-order valence-electron chi connectivity index (χ1n) is 12.2. The summed E-state index contributed by atoms with van der Waals surface area (Å²) in [6.45, 7) is 9.90. The van der Waals surface area contributed by atoms with Gasteiger partial charge in [0.2, 0.25) is 5.91 Å². The third-order valence-electron chi connectivity index (χ3n) is 6.79. The second-order valence-electron chi connectivity index (χ2n) is 9.40. The maximum Gasteiger partial charge on any atom is 0.268 e. The molecular formula is C29H29N5O2S. The summed E-state index contributed by atoms with van der Waals surface area (Å²) in [5.41, 5.74) is 7.28. The number of carbonyl (C=O) groups is 1. The molecule has 0 aliphatic carbocycles. The van der Waals surface area contributed by atoms with Gasteiger partial charge in [-0.1, -0.05) is 42.5 Å². The van der Waals surface area contributed by atoms with Crippen LogP contribution in [-0.4, -0.2) is 25.1 Å². The lowest BCUT2D eigenvalue weighted by Crippen LogP contribution is -2.29. The quantitative estimate of drug-likeness (QED) is 0.337. The van der Waals surface area contributed by atoms with E-state index in [9.17, 15) is 9.59 Å². The summed E-state index contributed by atoms with van der Waals surface area (Å²) in [5.74, 6) is -0.153. The average Bonchev–Trinajstić information content (AvgIpc) is 3.44. The molecule has 0 saturated heterocycles. The van der Waals surface area contributed by atoms with E-state index in [-0.39, 0.29) is 23.9 Å². The molecule has 8 heteroatoms. The van der Waals surface area contributed by atoms with Crippen molar-refractivity contribution in [2.24, 2.45) is 0 Å². The molecule has 0 saturated carbocycles. The highest BCUT2D eigenvalue weighted by Gasteiger charge is 2.21. The lowest BCUT2D eigenvalue weighted by Gasteiger charge is -2.14. The molecule has 0 radical (unpaired) electrons. The Morgan fingerprint density at radius 3 is 2.57 bits per heavy atom. The standard InChI is InChI=1S/C29H29N5O2S/c1-17-10-9-13-25(19(17)3)34-18(2)14-24(32-34)27-21(5)31-29-33(28(27)36)23(16-37-29)15-26(35)30-20(4)22-11-7-6-8-12-22/h6-14,16,20H,15H2,1-5H3,(H,30,35)/t20-/m1/s1. The maximum atomic E-state index is 13.8. The number of rotatable bonds is 6. The first kappa shape index (κ1) is 24.6. The van der Waals surface area contributed by atoms with Crippen molar-refractivity contribution in [2.45, 2.75) is 47.1 Å². The number of fused-ring (bicyclic) bond motifs is 1. The minimum Gasteiger partial charge on any atom is -0.349 e. The van der Waals surface area contributed by atoms with E-state index >= 15 is 0 Å². The number of carbonyl (C=O) groups excluding carboxylic acids is 1. The fraction of sp³-hybridized carbons (Fsp3) is 0.241. The van der Waals surface area contributed by atoms with E-state index in [4.69, 9.17) is 10.1 Å². The summed E-state index contributed by atoms with van der Waals surface area (Å²) in [7, 11) is 0. The third kappa shape index (κ3) is 4.60. The zero-order valence-electron chi connectivity index (χ0n) is 21.6. The average molecular weight is 512 g/mol. The summed E-state index contributed by atoms with van der Waals surface area (Å²) in [6.07, 6.45) is 0.0806. The lowest BCUT2D eigenvalue weighted by molar-refractivity contribution is -0.121. The molecule has 188 valence electrons. The molecule has 0 aliphatic rings. The van der Waals surface area contributed by atoms with Crippen LogP contribution in [0.2, 0.25) is 0 Å². The van der Waals surface area contributed by atoms with Crippen LogP contribution in [0.15, 0.2) is 64.8 Å². The first-order chi connectivity index (χ1) is 17.7. The van der Waals surface area contributed by atoms with E-state index in [1.165, 1.54) is 16.9 Å². The van der Waals surface area contributed by atoms with E-state index < -0.39 is 0 Å². The summed E-state index contributed by atoms with van der Waals surface area (Å²) in [6, 6.07) is 17.7. The van der Waals surface area contributed by atoms with Crippen LogP contribution >= 0.6 is 11.3 Å². The Morgan fingerprint density at radius 1 is 1.05 bits per heavy atom. The smallest absolute Gasteiger partial charge is 0.268 e. The summed E-state index contributed by atoms with van der Waals surface area (Å²) in [4.78, 5) is 31.9. The summed E-state index contributed by atoms with van der Waals surface area (Å²) < 4.78 is 3.42. The number of hydrogen-bond acceptors (Lipinski definition) is 5. The van der Waals surface area contributed by atoms with E-state index in [0.29, 0.717) is 27.6 Å². The summed E-state index contributed by atoms with van der Waals surface area (Å²) >= 11 is 1.36. The van der Waals surface area contributed by atoms with Crippen molar-refractivity contribution in [3.63, 3.8) is 0 Å². The predicted molar refractivity (Wildman–Crippen MR) is 148 cm³/mol. The highest BCUT2D eigenvalue weighted by atomic mass is 32.1. The van der Waals surface area contributed by atoms with E-state index in [1.807, 2.05) is 79.4 Å². The van der Waals surface area contributed by atoms with Crippen LogP contribution in [0.25, 0.3) is 21.9 Å². The maximum absolute atomic E-state index is 13.8. The van der Waals surface area contributed by atoms with Gasteiger partial charge in [-0.15, -0.1) is 11.3 Å². The summed E-state index contributed by atoms with van der Waals surface area (Å²) in [5, 5.41) is 9.68. The van der Waals surface area contributed by atoms with Gasteiger partial charge in [-0.25, -0.2) is 9.67 Å². The van der Waals surface area contributed by atoms with Crippen molar-refractivity contribution < 1.29 is 4.79 Å². The normalized spacial score (nSPS) is 12.1. The molecule has 0 aliphatic heterocycles. The topological polar surface area (TPSA) is 81.3 Å². The zero-order chi connectivity index (χ0) is 26.3. The van der Waals surface area contributed by atoms with Gasteiger partial charge in [0.05, 0.1) is 29.4 Å². The fourth-order valence-corrected chi connectivity index (χ4v) is 5.54. The van der Waals surface area contributed by atoms with Crippen LogP contribution in [0.4, 0.5) is 0 Å². The molecule has 0 unspecified atom stereocenters. The molecule has 37 heavy (non-hydrogen) atoms. The zero-order valence-corrected chi connectivity index (χ0v) is 22.4. The van der Waals surface area contributed by atoms with Crippen LogP contribution in [0, 0.1) is 27.7 Å². The van der Waals surface area contributed by atoms with Gasteiger partial charge in [0.1, 0.15) is 5.69 Å². The Kier molecular flexibility index (Phi) is 6.52. The highest BCUT2D eigenvalue weighted by molar-refractivity contribution is 7.15. The number of benzene rings is 2. The first-order valence-corrected chi connectivity index (χ1v) is 13.1. The number of nitrogens with one attached hydrogen (secondary N) is 1. The van der Waals surface area contributed by atoms with Crippen molar-refractivity contribution in [1.82, 2.24) is 24.5 Å². The molecule has 1 atom stereocenters. The monoisotopic (exact) mass is 511 g/mol. The van der Waals surface area contributed by atoms with Gasteiger partial charge >= 0.3 is 0 Å². The van der Waals surface area contributed by atoms with Crippen LogP contribution in [-0.2, 0) is 11.2 Å². The Hall–Kier alpha value is -4.04. The van der Waals surface area contributed by atoms with Crippen LogP contribution in [0.3, 0.4) is 0 Å². The molecule has 0 bridgehead atoms. The van der Waals surface area contributed by atoms with Crippen molar-refractivity contribution in [1.29, 1.82) is 0 Å². The van der Waals surface area contributed by atoms with Crippen molar-refractivity contribution in [3.05, 3.63) is 104 Å². The van der Waals surface area contributed by atoms with E-state index in [0.717, 1.165) is 22.5 Å². The Bertz CT molecular complexity index is 1680. The van der Waals surface area contributed by atoms with Gasteiger partial charge in [-0.05, 0) is 63.4 Å². The third-order valence-corrected chi connectivity index (χ3v) is 7.66. The van der Waals surface area contributed by atoms with Gasteiger partial charge in [-0.2, -0.15) is 5.10 Å². The molecule has 0 fully saturated rings. The van der Waals surface area contributed by atoms with Gasteiger partial charge in [0, 0.05) is 16.8 Å². The van der Waals surface area contributed by atoms with Gasteiger partial charge in [0.25, 0.3) is 5.56 Å². The molecule has 7 nitrogen and oxygen atoms in total. The molecule has 3 heterocycles. The molecule has 5 rings (SSSR count). The number of thiazole rings is 1. The number of aryl methyl sites for hydroxylation is 3. The molecule has 1 amide bonds. The van der Waals surface area contributed by atoms with Crippen molar-refractivity contribution in [3.8, 4) is 16.9 Å². The molecular weight excluding hydrogens is 482 g/mol. The number of nitrogens with zero attached hydrogens (tertiary/aromatic N) is 4. The van der Waals surface area contributed by atoms with E-state index in [2.05, 4.69) is 25.2 Å². The number of aromatic nitrogens is 4.